The second-order valence-corrected chi connectivity index (χ2v) is 6.54. The minimum atomic E-state index is -0.0782. The average molecular weight is 347 g/mol. The molecule has 0 saturated carbocycles. The molecule has 1 amide bonds. The number of methoxy groups -OCH3 is 1. The molecule has 1 aromatic heterocycles. The summed E-state index contributed by atoms with van der Waals surface area (Å²) in [6.45, 7) is 3.57. The van der Waals surface area contributed by atoms with Gasteiger partial charge in [-0.15, -0.1) is 11.3 Å². The smallest absolute Gasteiger partial charge is 0.252 e. The van der Waals surface area contributed by atoms with Crippen LogP contribution in [-0.4, -0.2) is 26.2 Å². The van der Waals surface area contributed by atoms with E-state index in [9.17, 15) is 4.79 Å². The topological polar surface area (TPSA) is 56.8 Å². The van der Waals surface area contributed by atoms with E-state index in [0.717, 1.165) is 18.4 Å². The maximum absolute atomic E-state index is 12.3. The number of fused-ring (bicyclic) bond motifs is 1. The minimum absolute atomic E-state index is 0.0782. The quantitative estimate of drug-likeness (QED) is 0.870. The number of thiophene rings is 1. The molecule has 0 aliphatic carbocycles. The van der Waals surface area contributed by atoms with Gasteiger partial charge in [-0.3, -0.25) is 4.79 Å². The lowest BCUT2D eigenvalue weighted by molar-refractivity contribution is 0.0951. The van der Waals surface area contributed by atoms with Crippen molar-refractivity contribution < 1.29 is 19.0 Å². The van der Waals surface area contributed by atoms with Gasteiger partial charge in [0.15, 0.2) is 11.5 Å². The fourth-order valence-corrected chi connectivity index (χ4v) is 3.57. The lowest BCUT2D eigenvalue weighted by Gasteiger charge is -2.20. The molecule has 0 saturated heterocycles. The summed E-state index contributed by atoms with van der Waals surface area (Å²) in [5.41, 5.74) is 1.57. The Hall–Kier alpha value is -2.21. The van der Waals surface area contributed by atoms with Crippen molar-refractivity contribution >= 4 is 17.2 Å². The van der Waals surface area contributed by atoms with Crippen molar-refractivity contribution in [3.63, 3.8) is 0 Å². The third-order valence-electron chi connectivity index (χ3n) is 3.80. The van der Waals surface area contributed by atoms with Crippen LogP contribution < -0.4 is 19.5 Å². The molecule has 1 aliphatic rings. The van der Waals surface area contributed by atoms with E-state index in [1.54, 1.807) is 24.5 Å². The van der Waals surface area contributed by atoms with Gasteiger partial charge in [0, 0.05) is 28.4 Å². The standard InChI is InChI=1S/C18H21NO4S/c1-3-4-14-7-13(11-24-14)18(20)19-10-12-8-16-17(9-15(12)21-2)23-6-5-22-16/h7-9,11H,3-6,10H2,1-2H3,(H,19,20). The normalized spacial score (nSPS) is 12.8. The van der Waals surface area contributed by atoms with Gasteiger partial charge in [-0.05, 0) is 18.6 Å². The molecule has 5 nitrogen and oxygen atoms in total. The number of hydrogen-bond acceptors (Lipinski definition) is 5. The van der Waals surface area contributed by atoms with E-state index in [2.05, 4.69) is 12.2 Å². The first-order valence-corrected chi connectivity index (χ1v) is 8.91. The van der Waals surface area contributed by atoms with Crippen LogP contribution in [0, 0.1) is 0 Å². The van der Waals surface area contributed by atoms with Crippen LogP contribution in [0.2, 0.25) is 0 Å². The number of carbonyl (C=O) groups is 1. The van der Waals surface area contributed by atoms with Crippen molar-refractivity contribution in [2.45, 2.75) is 26.3 Å². The number of benzene rings is 1. The molecule has 24 heavy (non-hydrogen) atoms. The summed E-state index contributed by atoms with van der Waals surface area (Å²) >= 11 is 1.63. The zero-order valence-corrected chi connectivity index (χ0v) is 14.7. The lowest BCUT2D eigenvalue weighted by Crippen LogP contribution is -2.23. The van der Waals surface area contributed by atoms with Gasteiger partial charge < -0.3 is 19.5 Å². The summed E-state index contributed by atoms with van der Waals surface area (Å²) in [4.78, 5) is 13.6. The highest BCUT2D eigenvalue weighted by Crippen LogP contribution is 2.36. The van der Waals surface area contributed by atoms with Crippen LogP contribution in [0.1, 0.15) is 34.1 Å². The molecule has 0 atom stereocenters. The van der Waals surface area contributed by atoms with E-state index in [1.807, 2.05) is 17.5 Å². The first-order valence-electron chi connectivity index (χ1n) is 8.03. The summed E-state index contributed by atoms with van der Waals surface area (Å²) in [5, 5.41) is 4.85. The zero-order chi connectivity index (χ0) is 16.9. The van der Waals surface area contributed by atoms with Crippen LogP contribution in [-0.2, 0) is 13.0 Å². The third kappa shape index (κ3) is 3.64. The van der Waals surface area contributed by atoms with Gasteiger partial charge in [0.25, 0.3) is 5.91 Å². The van der Waals surface area contributed by atoms with Gasteiger partial charge in [0.2, 0.25) is 0 Å². The van der Waals surface area contributed by atoms with Gasteiger partial charge in [0.1, 0.15) is 19.0 Å². The summed E-state index contributed by atoms with van der Waals surface area (Å²) in [6.07, 6.45) is 2.09. The Bertz CT molecular complexity index is 726. The highest BCUT2D eigenvalue weighted by atomic mass is 32.1. The Morgan fingerprint density at radius 2 is 2.00 bits per heavy atom. The first-order chi connectivity index (χ1) is 11.7. The SMILES string of the molecule is CCCc1cc(C(=O)NCc2cc3c(cc2OC)OCCO3)cs1. The van der Waals surface area contributed by atoms with Crippen LogP contribution in [0.3, 0.4) is 0 Å². The molecule has 0 bridgehead atoms. The van der Waals surface area contributed by atoms with Gasteiger partial charge >= 0.3 is 0 Å². The largest absolute Gasteiger partial charge is 0.496 e. The Morgan fingerprint density at radius 1 is 1.25 bits per heavy atom. The highest BCUT2D eigenvalue weighted by molar-refractivity contribution is 7.10. The average Bonchev–Trinajstić information content (AvgIpc) is 3.08. The van der Waals surface area contributed by atoms with Gasteiger partial charge in [-0.2, -0.15) is 0 Å². The number of nitrogens with one attached hydrogen (secondary N) is 1. The van der Waals surface area contributed by atoms with Crippen molar-refractivity contribution in [1.82, 2.24) is 5.32 Å². The second kappa shape index (κ2) is 7.57. The Kier molecular flexibility index (Phi) is 5.25. The van der Waals surface area contributed by atoms with Crippen molar-refractivity contribution in [3.05, 3.63) is 39.6 Å². The molecule has 0 fully saturated rings. The molecule has 2 aromatic rings. The predicted molar refractivity (Wildman–Crippen MR) is 93.5 cm³/mol. The maximum Gasteiger partial charge on any atom is 0.252 e. The van der Waals surface area contributed by atoms with Crippen molar-refractivity contribution in [2.75, 3.05) is 20.3 Å². The molecular weight excluding hydrogens is 326 g/mol. The minimum Gasteiger partial charge on any atom is -0.496 e. The molecule has 0 radical (unpaired) electrons. The van der Waals surface area contributed by atoms with Crippen LogP contribution in [0.15, 0.2) is 23.6 Å². The Morgan fingerprint density at radius 3 is 2.71 bits per heavy atom. The van der Waals surface area contributed by atoms with Crippen molar-refractivity contribution in [2.24, 2.45) is 0 Å². The Labute approximate surface area is 145 Å². The molecule has 2 heterocycles. The number of hydrogen-bond donors (Lipinski definition) is 1. The first kappa shape index (κ1) is 16.6. The van der Waals surface area contributed by atoms with Gasteiger partial charge in [-0.25, -0.2) is 0 Å². The van der Waals surface area contributed by atoms with Crippen LogP contribution >= 0.6 is 11.3 Å². The highest BCUT2D eigenvalue weighted by Gasteiger charge is 2.17. The van der Waals surface area contributed by atoms with Crippen molar-refractivity contribution in [3.8, 4) is 17.2 Å². The molecule has 0 spiro atoms. The number of rotatable bonds is 6. The van der Waals surface area contributed by atoms with Gasteiger partial charge in [-0.1, -0.05) is 13.3 Å². The van der Waals surface area contributed by atoms with E-state index in [0.29, 0.717) is 42.6 Å². The summed E-state index contributed by atoms with van der Waals surface area (Å²) < 4.78 is 16.5. The fraction of sp³-hybridized carbons (Fsp3) is 0.389. The number of aryl methyl sites for hydroxylation is 1. The number of amides is 1. The molecule has 1 aromatic carbocycles. The molecular formula is C18H21NO4S. The fourth-order valence-electron chi connectivity index (χ4n) is 2.60. The van der Waals surface area contributed by atoms with Gasteiger partial charge in [0.05, 0.1) is 12.7 Å². The molecule has 1 aliphatic heterocycles. The number of carbonyl (C=O) groups excluding carboxylic acids is 1. The molecule has 0 unspecified atom stereocenters. The third-order valence-corrected chi connectivity index (χ3v) is 4.79. The van der Waals surface area contributed by atoms with Crippen LogP contribution in [0.4, 0.5) is 0 Å². The van der Waals surface area contributed by atoms with E-state index < -0.39 is 0 Å². The van der Waals surface area contributed by atoms with Crippen LogP contribution in [0.5, 0.6) is 17.2 Å². The van der Waals surface area contributed by atoms with Crippen LogP contribution in [0.25, 0.3) is 0 Å². The van der Waals surface area contributed by atoms with E-state index >= 15 is 0 Å². The lowest BCUT2D eigenvalue weighted by atomic mass is 10.1. The second-order valence-electron chi connectivity index (χ2n) is 5.54. The van der Waals surface area contributed by atoms with Crippen molar-refractivity contribution in [1.29, 1.82) is 0 Å². The summed E-state index contributed by atoms with van der Waals surface area (Å²) in [6, 6.07) is 5.63. The predicted octanol–water partition coefficient (Wildman–Crippen LogP) is 3.41. The Balaban J connectivity index is 1.70. The summed E-state index contributed by atoms with van der Waals surface area (Å²) in [7, 11) is 1.60. The molecule has 1 N–H and O–H groups in total. The molecule has 3 rings (SSSR count). The van der Waals surface area contributed by atoms with E-state index in [4.69, 9.17) is 14.2 Å². The number of ether oxygens (including phenoxy) is 3. The van der Waals surface area contributed by atoms with E-state index in [1.165, 1.54) is 4.88 Å². The monoisotopic (exact) mass is 347 g/mol. The molecule has 128 valence electrons. The summed E-state index contributed by atoms with van der Waals surface area (Å²) in [5.74, 6) is 1.96. The molecule has 6 heteroatoms. The maximum atomic E-state index is 12.3. The zero-order valence-electron chi connectivity index (χ0n) is 13.9. The van der Waals surface area contributed by atoms with E-state index in [-0.39, 0.29) is 5.91 Å².